The van der Waals surface area contributed by atoms with E-state index in [2.05, 4.69) is 27.5 Å². The first-order valence-electron chi connectivity index (χ1n) is 6.06. The van der Waals surface area contributed by atoms with Crippen LogP contribution >= 0.6 is 0 Å². The van der Waals surface area contributed by atoms with E-state index < -0.39 is 0 Å². The molecular weight excluding hydrogens is 198 g/mol. The average Bonchev–Trinajstić information content (AvgIpc) is 3.14. The standard InChI is InChI=1S/C13H17N3/c1-10-4-6-16(7-5-10)13-8-12(11-2-3-11)14-9-15-13/h8-9,11H,1-7H2. The molecule has 3 rings (SSSR count). The van der Waals surface area contributed by atoms with Gasteiger partial charge in [0.1, 0.15) is 12.1 Å². The third-order valence-electron chi connectivity index (χ3n) is 3.46. The van der Waals surface area contributed by atoms with Crippen LogP contribution in [0.5, 0.6) is 0 Å². The summed E-state index contributed by atoms with van der Waals surface area (Å²) in [5.74, 6) is 1.81. The molecule has 1 saturated heterocycles. The van der Waals surface area contributed by atoms with Crippen LogP contribution in [0.15, 0.2) is 24.5 Å². The van der Waals surface area contributed by atoms with E-state index in [1.807, 2.05) is 0 Å². The van der Waals surface area contributed by atoms with E-state index in [1.165, 1.54) is 24.1 Å². The Kier molecular flexibility index (Phi) is 2.39. The van der Waals surface area contributed by atoms with Gasteiger partial charge in [0.2, 0.25) is 0 Å². The maximum atomic E-state index is 4.38. The van der Waals surface area contributed by atoms with Crippen molar-refractivity contribution in [3.8, 4) is 0 Å². The van der Waals surface area contributed by atoms with Crippen LogP contribution in [0.1, 0.15) is 37.3 Å². The van der Waals surface area contributed by atoms with E-state index in [9.17, 15) is 0 Å². The Morgan fingerprint density at radius 2 is 1.94 bits per heavy atom. The highest BCUT2D eigenvalue weighted by Gasteiger charge is 2.26. The van der Waals surface area contributed by atoms with Gasteiger partial charge in [-0.1, -0.05) is 12.2 Å². The Morgan fingerprint density at radius 3 is 2.62 bits per heavy atom. The molecule has 1 saturated carbocycles. The quantitative estimate of drug-likeness (QED) is 0.710. The number of aromatic nitrogens is 2. The van der Waals surface area contributed by atoms with Crippen LogP contribution < -0.4 is 4.90 Å². The molecule has 2 fully saturated rings. The minimum absolute atomic E-state index is 0.710. The summed E-state index contributed by atoms with van der Waals surface area (Å²) < 4.78 is 0. The summed E-state index contributed by atoms with van der Waals surface area (Å²) in [6.45, 7) is 6.15. The van der Waals surface area contributed by atoms with Crippen LogP contribution in [-0.2, 0) is 0 Å². The van der Waals surface area contributed by atoms with Crippen molar-refractivity contribution in [2.75, 3.05) is 18.0 Å². The van der Waals surface area contributed by atoms with Gasteiger partial charge in [-0.3, -0.25) is 0 Å². The lowest BCUT2D eigenvalue weighted by molar-refractivity contribution is 0.677. The van der Waals surface area contributed by atoms with Crippen molar-refractivity contribution in [2.24, 2.45) is 0 Å². The first kappa shape index (κ1) is 9.82. The van der Waals surface area contributed by atoms with Gasteiger partial charge in [-0.25, -0.2) is 9.97 Å². The van der Waals surface area contributed by atoms with E-state index in [0.717, 1.165) is 31.7 Å². The number of anilines is 1. The van der Waals surface area contributed by atoms with Crippen LogP contribution in [0.3, 0.4) is 0 Å². The molecule has 3 heteroatoms. The Bertz CT molecular complexity index is 399. The Balaban J connectivity index is 1.77. The third-order valence-corrected chi connectivity index (χ3v) is 3.46. The monoisotopic (exact) mass is 215 g/mol. The second-order valence-corrected chi connectivity index (χ2v) is 4.81. The highest BCUT2D eigenvalue weighted by molar-refractivity contribution is 5.41. The minimum Gasteiger partial charge on any atom is -0.356 e. The van der Waals surface area contributed by atoms with E-state index >= 15 is 0 Å². The molecule has 0 radical (unpaired) electrons. The molecule has 0 spiro atoms. The summed E-state index contributed by atoms with van der Waals surface area (Å²) in [6.07, 6.45) is 6.51. The first-order chi connectivity index (χ1) is 7.83. The average molecular weight is 215 g/mol. The van der Waals surface area contributed by atoms with Crippen molar-refractivity contribution < 1.29 is 0 Å². The Labute approximate surface area is 96.2 Å². The Hall–Kier alpha value is -1.38. The smallest absolute Gasteiger partial charge is 0.132 e. The fraction of sp³-hybridized carbons (Fsp3) is 0.538. The predicted molar refractivity (Wildman–Crippen MR) is 64.6 cm³/mol. The van der Waals surface area contributed by atoms with Crippen LogP contribution in [-0.4, -0.2) is 23.1 Å². The first-order valence-corrected chi connectivity index (χ1v) is 6.06. The molecule has 0 bridgehead atoms. The normalized spacial score (nSPS) is 21.2. The van der Waals surface area contributed by atoms with Crippen LogP contribution in [0.4, 0.5) is 5.82 Å². The highest BCUT2D eigenvalue weighted by Crippen LogP contribution is 2.39. The zero-order chi connectivity index (χ0) is 11.0. The second-order valence-electron chi connectivity index (χ2n) is 4.81. The molecule has 1 aromatic rings. The topological polar surface area (TPSA) is 29.0 Å². The third kappa shape index (κ3) is 1.94. The van der Waals surface area contributed by atoms with Gasteiger partial charge in [-0.15, -0.1) is 0 Å². The summed E-state index contributed by atoms with van der Waals surface area (Å²) >= 11 is 0. The van der Waals surface area contributed by atoms with Crippen molar-refractivity contribution in [2.45, 2.75) is 31.6 Å². The molecule has 0 amide bonds. The lowest BCUT2D eigenvalue weighted by Gasteiger charge is -2.29. The minimum atomic E-state index is 0.710. The molecule has 2 aliphatic rings. The van der Waals surface area contributed by atoms with E-state index in [-0.39, 0.29) is 0 Å². The fourth-order valence-electron chi connectivity index (χ4n) is 2.19. The lowest BCUT2D eigenvalue weighted by Crippen LogP contribution is -2.31. The van der Waals surface area contributed by atoms with Crippen molar-refractivity contribution in [1.29, 1.82) is 0 Å². The summed E-state index contributed by atoms with van der Waals surface area (Å²) in [6, 6.07) is 2.17. The van der Waals surface area contributed by atoms with Gasteiger partial charge in [0, 0.05) is 30.8 Å². The van der Waals surface area contributed by atoms with Gasteiger partial charge in [-0.2, -0.15) is 0 Å². The SMILES string of the molecule is C=C1CCN(c2cc(C3CC3)ncn2)CC1. The number of rotatable bonds is 2. The number of hydrogen-bond donors (Lipinski definition) is 0. The largest absolute Gasteiger partial charge is 0.356 e. The molecule has 0 unspecified atom stereocenters. The summed E-state index contributed by atoms with van der Waals surface area (Å²) in [5, 5.41) is 0. The lowest BCUT2D eigenvalue weighted by atomic mass is 10.1. The van der Waals surface area contributed by atoms with Crippen LogP contribution in [0, 0.1) is 0 Å². The molecule has 1 aromatic heterocycles. The van der Waals surface area contributed by atoms with Gasteiger partial charge in [0.05, 0.1) is 0 Å². The molecule has 16 heavy (non-hydrogen) atoms. The van der Waals surface area contributed by atoms with Gasteiger partial charge in [-0.05, 0) is 25.7 Å². The summed E-state index contributed by atoms with van der Waals surface area (Å²) in [4.78, 5) is 11.1. The number of hydrogen-bond acceptors (Lipinski definition) is 3. The van der Waals surface area contributed by atoms with E-state index in [1.54, 1.807) is 6.33 Å². The van der Waals surface area contributed by atoms with Crippen LogP contribution in [0.2, 0.25) is 0 Å². The van der Waals surface area contributed by atoms with Crippen molar-refractivity contribution in [3.63, 3.8) is 0 Å². The maximum absolute atomic E-state index is 4.38. The highest BCUT2D eigenvalue weighted by atomic mass is 15.2. The fourth-order valence-corrected chi connectivity index (χ4v) is 2.19. The molecule has 0 aromatic carbocycles. The molecule has 0 atom stereocenters. The maximum Gasteiger partial charge on any atom is 0.132 e. The molecule has 84 valence electrons. The molecule has 0 N–H and O–H groups in total. The summed E-state index contributed by atoms with van der Waals surface area (Å²) in [7, 11) is 0. The van der Waals surface area contributed by atoms with E-state index in [0.29, 0.717) is 5.92 Å². The second kappa shape index (κ2) is 3.89. The van der Waals surface area contributed by atoms with Gasteiger partial charge in [0.15, 0.2) is 0 Å². The molecule has 3 nitrogen and oxygen atoms in total. The van der Waals surface area contributed by atoms with Gasteiger partial charge >= 0.3 is 0 Å². The number of nitrogens with zero attached hydrogens (tertiary/aromatic N) is 3. The van der Waals surface area contributed by atoms with Crippen molar-refractivity contribution in [1.82, 2.24) is 9.97 Å². The zero-order valence-electron chi connectivity index (χ0n) is 9.52. The molecule has 1 aliphatic carbocycles. The Morgan fingerprint density at radius 1 is 1.19 bits per heavy atom. The molecule has 2 heterocycles. The number of piperidine rings is 1. The van der Waals surface area contributed by atoms with Crippen molar-refractivity contribution >= 4 is 5.82 Å². The zero-order valence-corrected chi connectivity index (χ0v) is 9.52. The molecular formula is C13H17N3. The van der Waals surface area contributed by atoms with Gasteiger partial charge in [0.25, 0.3) is 0 Å². The van der Waals surface area contributed by atoms with Crippen molar-refractivity contribution in [3.05, 3.63) is 30.2 Å². The van der Waals surface area contributed by atoms with Crippen LogP contribution in [0.25, 0.3) is 0 Å². The van der Waals surface area contributed by atoms with Gasteiger partial charge < -0.3 is 4.90 Å². The predicted octanol–water partition coefficient (Wildman–Crippen LogP) is 2.51. The summed E-state index contributed by atoms with van der Waals surface area (Å²) in [5.41, 5.74) is 2.60. The van der Waals surface area contributed by atoms with E-state index in [4.69, 9.17) is 0 Å². The molecule has 1 aliphatic heterocycles.